The van der Waals surface area contributed by atoms with E-state index in [1.807, 2.05) is 10.9 Å². The first kappa shape index (κ1) is 21.2. The molecule has 0 fully saturated rings. The molecule has 128 valence electrons. The van der Waals surface area contributed by atoms with E-state index in [9.17, 15) is 0 Å². The summed E-state index contributed by atoms with van der Waals surface area (Å²) in [5.74, 6) is 0.863. The molecule has 5 nitrogen and oxygen atoms in total. The minimum absolute atomic E-state index is 0. The van der Waals surface area contributed by atoms with Crippen molar-refractivity contribution in [2.45, 2.75) is 53.5 Å². The van der Waals surface area contributed by atoms with E-state index >= 15 is 0 Å². The largest absolute Gasteiger partial charge is 0.356 e. The number of nitrogens with zero attached hydrogens (tertiary/aromatic N) is 3. The third kappa shape index (κ3) is 8.60. The lowest BCUT2D eigenvalue weighted by atomic mass is 9.92. The van der Waals surface area contributed by atoms with Gasteiger partial charge in [-0.15, -0.1) is 24.0 Å². The van der Waals surface area contributed by atoms with Gasteiger partial charge in [-0.2, -0.15) is 5.10 Å². The van der Waals surface area contributed by atoms with Crippen LogP contribution in [0.15, 0.2) is 17.3 Å². The normalized spacial score (nSPS) is 12.2. The molecular weight excluding hydrogens is 389 g/mol. The number of halogens is 1. The van der Waals surface area contributed by atoms with Gasteiger partial charge in [0.25, 0.3) is 0 Å². The van der Waals surface area contributed by atoms with E-state index in [2.05, 4.69) is 61.4 Å². The fraction of sp³-hybridized carbons (Fsp3) is 0.750. The molecule has 2 N–H and O–H groups in total. The second-order valence-electron chi connectivity index (χ2n) is 6.87. The van der Waals surface area contributed by atoms with Crippen LogP contribution in [0.1, 0.15) is 52.8 Å². The fourth-order valence-electron chi connectivity index (χ4n) is 1.88. The lowest BCUT2D eigenvalue weighted by Gasteiger charge is -2.19. The highest BCUT2D eigenvalue weighted by Gasteiger charge is 2.09. The van der Waals surface area contributed by atoms with Crippen molar-refractivity contribution in [1.29, 1.82) is 0 Å². The van der Waals surface area contributed by atoms with Crippen molar-refractivity contribution in [2.24, 2.45) is 10.4 Å². The molecule has 1 aromatic heterocycles. The van der Waals surface area contributed by atoms with Crippen molar-refractivity contribution < 1.29 is 0 Å². The van der Waals surface area contributed by atoms with Crippen LogP contribution >= 0.6 is 24.0 Å². The summed E-state index contributed by atoms with van der Waals surface area (Å²) >= 11 is 0. The van der Waals surface area contributed by atoms with Crippen LogP contribution in [0.25, 0.3) is 0 Å². The van der Waals surface area contributed by atoms with E-state index in [1.54, 1.807) is 7.05 Å². The van der Waals surface area contributed by atoms with E-state index in [1.165, 1.54) is 0 Å². The molecule has 1 aromatic rings. The Kier molecular flexibility index (Phi) is 9.71. The van der Waals surface area contributed by atoms with Crippen molar-refractivity contribution in [1.82, 2.24) is 20.4 Å². The number of aliphatic imine (C=N–C) groups is 1. The Hall–Kier alpha value is -0.790. The maximum absolute atomic E-state index is 4.54. The number of nitrogens with one attached hydrogen (secondary N) is 2. The first-order chi connectivity index (χ1) is 9.81. The first-order valence-electron chi connectivity index (χ1n) is 7.80. The molecule has 1 rings (SSSR count). The molecule has 0 aliphatic heterocycles. The van der Waals surface area contributed by atoms with Gasteiger partial charge in [-0.3, -0.25) is 9.67 Å². The third-order valence-corrected chi connectivity index (χ3v) is 3.26. The van der Waals surface area contributed by atoms with Crippen molar-refractivity contribution in [2.75, 3.05) is 20.1 Å². The summed E-state index contributed by atoms with van der Waals surface area (Å²) in [6, 6.07) is 2.50. The summed E-state index contributed by atoms with van der Waals surface area (Å²) in [5.41, 5.74) is 1.46. The number of aromatic nitrogens is 2. The van der Waals surface area contributed by atoms with Crippen molar-refractivity contribution >= 4 is 29.9 Å². The second-order valence-corrected chi connectivity index (χ2v) is 6.87. The number of rotatable bonds is 6. The lowest BCUT2D eigenvalue weighted by molar-refractivity contribution is 0.377. The predicted octanol–water partition coefficient (Wildman–Crippen LogP) is 3.23. The van der Waals surface area contributed by atoms with Gasteiger partial charge in [-0.05, 0) is 31.7 Å². The molecule has 6 heteroatoms. The quantitative estimate of drug-likeness (QED) is 0.421. The molecule has 0 aliphatic carbocycles. The Labute approximate surface area is 152 Å². The van der Waals surface area contributed by atoms with E-state index in [-0.39, 0.29) is 24.0 Å². The zero-order valence-corrected chi connectivity index (χ0v) is 17.1. The first-order valence-corrected chi connectivity index (χ1v) is 7.80. The highest BCUT2D eigenvalue weighted by atomic mass is 127. The molecule has 0 spiro atoms. The van der Waals surface area contributed by atoms with Gasteiger partial charge in [-0.25, -0.2) is 0 Å². The topological polar surface area (TPSA) is 54.2 Å². The second kappa shape index (κ2) is 10.1. The monoisotopic (exact) mass is 421 g/mol. The molecule has 0 bridgehead atoms. The fourth-order valence-corrected chi connectivity index (χ4v) is 1.88. The molecule has 0 radical (unpaired) electrons. The lowest BCUT2D eigenvalue weighted by Crippen LogP contribution is -2.39. The molecule has 0 saturated carbocycles. The van der Waals surface area contributed by atoms with Crippen LogP contribution in [0, 0.1) is 5.41 Å². The summed E-state index contributed by atoms with van der Waals surface area (Å²) in [4.78, 5) is 4.24. The molecule has 0 atom stereocenters. The summed E-state index contributed by atoms with van der Waals surface area (Å²) < 4.78 is 1.99. The maximum atomic E-state index is 4.54. The van der Waals surface area contributed by atoms with Crippen molar-refractivity contribution in [3.63, 3.8) is 0 Å². The molecule has 22 heavy (non-hydrogen) atoms. The highest BCUT2D eigenvalue weighted by molar-refractivity contribution is 14.0. The van der Waals surface area contributed by atoms with Crippen LogP contribution in [0.4, 0.5) is 0 Å². The van der Waals surface area contributed by atoms with Gasteiger partial charge in [0, 0.05) is 38.8 Å². The van der Waals surface area contributed by atoms with Gasteiger partial charge in [0.15, 0.2) is 5.96 Å². The predicted molar refractivity (Wildman–Crippen MR) is 105 cm³/mol. The van der Waals surface area contributed by atoms with Gasteiger partial charge in [0.1, 0.15) is 0 Å². The van der Waals surface area contributed by atoms with E-state index in [4.69, 9.17) is 0 Å². The number of guanidine groups is 1. The number of hydrogen-bond acceptors (Lipinski definition) is 2. The molecule has 0 amide bonds. The van der Waals surface area contributed by atoms with Crippen LogP contribution in [0.2, 0.25) is 0 Å². The van der Waals surface area contributed by atoms with Gasteiger partial charge < -0.3 is 10.6 Å². The van der Waals surface area contributed by atoms with Crippen LogP contribution in [-0.2, 0) is 6.42 Å². The Morgan fingerprint density at radius 2 is 1.91 bits per heavy atom. The molecule has 1 heterocycles. The van der Waals surface area contributed by atoms with E-state index in [0.717, 1.165) is 37.6 Å². The maximum Gasteiger partial charge on any atom is 0.190 e. The van der Waals surface area contributed by atoms with Gasteiger partial charge in [-0.1, -0.05) is 20.8 Å². The van der Waals surface area contributed by atoms with Crippen LogP contribution < -0.4 is 10.6 Å². The summed E-state index contributed by atoms with van der Waals surface area (Å²) in [6.45, 7) is 12.8. The third-order valence-electron chi connectivity index (χ3n) is 3.26. The van der Waals surface area contributed by atoms with Gasteiger partial charge >= 0.3 is 0 Å². The molecular formula is C16H32IN5. The Morgan fingerprint density at radius 1 is 1.27 bits per heavy atom. The Balaban J connectivity index is 0.00000441. The minimum atomic E-state index is 0. The van der Waals surface area contributed by atoms with Crippen molar-refractivity contribution in [3.05, 3.63) is 18.0 Å². The van der Waals surface area contributed by atoms with Crippen molar-refractivity contribution in [3.8, 4) is 0 Å². The summed E-state index contributed by atoms with van der Waals surface area (Å²) in [7, 11) is 1.81. The average Bonchev–Trinajstić information content (AvgIpc) is 2.84. The molecule has 0 aliphatic rings. The average molecular weight is 421 g/mol. The zero-order valence-electron chi connectivity index (χ0n) is 14.8. The smallest absolute Gasteiger partial charge is 0.190 e. The SMILES string of the molecule is CN=C(NCCc1ccn(C(C)C)n1)NCCC(C)(C)C.I. The van der Waals surface area contributed by atoms with Gasteiger partial charge in [0.05, 0.1) is 5.69 Å². The van der Waals surface area contributed by atoms with Crippen LogP contribution in [-0.4, -0.2) is 35.9 Å². The molecule has 0 saturated heterocycles. The zero-order chi connectivity index (χ0) is 15.9. The number of hydrogen-bond donors (Lipinski definition) is 2. The summed E-state index contributed by atoms with van der Waals surface area (Å²) in [6.07, 6.45) is 4.06. The van der Waals surface area contributed by atoms with Crippen LogP contribution in [0.3, 0.4) is 0 Å². The standard InChI is InChI=1S/C16H31N5.HI/c1-13(2)21-12-8-14(20-21)7-10-18-15(17-6)19-11-9-16(3,4)5;/h8,12-13H,7,9-11H2,1-6H3,(H2,17,18,19);1H. The minimum Gasteiger partial charge on any atom is -0.356 e. The van der Waals surface area contributed by atoms with E-state index in [0.29, 0.717) is 11.5 Å². The Bertz CT molecular complexity index is 446. The Morgan fingerprint density at radius 3 is 2.41 bits per heavy atom. The summed E-state index contributed by atoms with van der Waals surface area (Å²) in [5, 5.41) is 11.2. The van der Waals surface area contributed by atoms with Crippen LogP contribution in [0.5, 0.6) is 0 Å². The highest BCUT2D eigenvalue weighted by Crippen LogP contribution is 2.16. The van der Waals surface area contributed by atoms with Gasteiger partial charge in [0.2, 0.25) is 0 Å². The molecule has 0 aromatic carbocycles. The van der Waals surface area contributed by atoms with E-state index < -0.39 is 0 Å². The molecule has 0 unspecified atom stereocenters.